The zero-order chi connectivity index (χ0) is 15.8. The summed E-state index contributed by atoms with van der Waals surface area (Å²) in [5.41, 5.74) is -0.224. The van der Waals surface area contributed by atoms with Gasteiger partial charge in [0.1, 0.15) is 0 Å². The van der Waals surface area contributed by atoms with Crippen LogP contribution in [0.3, 0.4) is 0 Å². The third-order valence-corrected chi connectivity index (χ3v) is 3.97. The molecule has 0 aliphatic rings. The maximum atomic E-state index is 11.9. The van der Waals surface area contributed by atoms with Crippen LogP contribution in [0.15, 0.2) is 39.7 Å². The van der Waals surface area contributed by atoms with E-state index in [9.17, 15) is 23.4 Å². The fourth-order valence-electron chi connectivity index (χ4n) is 1.45. The molecule has 1 aromatic carbocycles. The number of aromatic hydroxyl groups is 2. The Morgan fingerprint density at radius 3 is 2.24 bits per heavy atom. The lowest BCUT2D eigenvalue weighted by atomic mass is 10.2. The Labute approximate surface area is 127 Å². The number of carbonyl (C=O) groups excluding carboxylic acids is 1. The average Bonchev–Trinajstić information content (AvgIpc) is 2.69. The van der Waals surface area contributed by atoms with E-state index in [1.54, 1.807) is 0 Å². The van der Waals surface area contributed by atoms with Crippen LogP contribution in [-0.2, 0) is 10.1 Å². The van der Waals surface area contributed by atoms with E-state index < -0.39 is 32.7 Å². The van der Waals surface area contributed by atoms with Gasteiger partial charge >= 0.3 is 5.97 Å². The predicted molar refractivity (Wildman–Crippen MR) is 72.6 cm³/mol. The fourth-order valence-corrected chi connectivity index (χ4v) is 2.36. The van der Waals surface area contributed by atoms with Crippen LogP contribution in [0.25, 0.3) is 0 Å². The molecule has 0 bridgehead atoms. The van der Waals surface area contributed by atoms with Gasteiger partial charge in [-0.25, -0.2) is 4.79 Å². The summed E-state index contributed by atoms with van der Waals surface area (Å²) in [5.74, 6) is -2.11. The zero-order valence-corrected chi connectivity index (χ0v) is 12.5. The van der Waals surface area contributed by atoms with Crippen molar-refractivity contribution in [1.82, 2.24) is 4.73 Å². The van der Waals surface area contributed by atoms with Crippen molar-refractivity contribution in [2.45, 2.75) is 4.90 Å². The van der Waals surface area contributed by atoms with E-state index in [0.717, 1.165) is 24.3 Å². The van der Waals surface area contributed by atoms with Gasteiger partial charge in [0.15, 0.2) is 0 Å². The highest BCUT2D eigenvalue weighted by atomic mass is 79.9. The lowest BCUT2D eigenvalue weighted by Gasteiger charge is -2.08. The van der Waals surface area contributed by atoms with E-state index in [-0.39, 0.29) is 10.0 Å². The lowest BCUT2D eigenvalue weighted by molar-refractivity contribution is 0.0380. The van der Waals surface area contributed by atoms with Gasteiger partial charge in [-0.15, -0.1) is 4.73 Å². The molecule has 2 rings (SSSR count). The number of rotatable bonds is 3. The summed E-state index contributed by atoms with van der Waals surface area (Å²) in [6.45, 7) is 0. The first-order valence-corrected chi connectivity index (χ1v) is 7.53. The summed E-state index contributed by atoms with van der Waals surface area (Å²) in [6.07, 6.45) is 0. The molecule has 0 aliphatic heterocycles. The fraction of sp³-hybridized carbons (Fsp3) is 0. The van der Waals surface area contributed by atoms with Gasteiger partial charge in [-0.05, 0) is 34.1 Å². The number of aromatic nitrogens is 1. The van der Waals surface area contributed by atoms with Crippen molar-refractivity contribution in [1.29, 1.82) is 0 Å². The molecule has 10 heteroatoms. The van der Waals surface area contributed by atoms with Crippen molar-refractivity contribution in [3.63, 3.8) is 0 Å². The summed E-state index contributed by atoms with van der Waals surface area (Å²) >= 11 is 3.03. The Morgan fingerprint density at radius 1 is 1.14 bits per heavy atom. The van der Waals surface area contributed by atoms with Gasteiger partial charge in [0.05, 0.1) is 10.5 Å². The highest BCUT2D eigenvalue weighted by molar-refractivity contribution is 9.10. The Balaban J connectivity index is 2.40. The molecule has 2 aromatic rings. The van der Waals surface area contributed by atoms with Gasteiger partial charge in [0.25, 0.3) is 10.1 Å². The van der Waals surface area contributed by atoms with E-state index in [1.807, 2.05) is 0 Å². The van der Waals surface area contributed by atoms with E-state index in [2.05, 4.69) is 15.9 Å². The van der Waals surface area contributed by atoms with Crippen LogP contribution in [0, 0.1) is 0 Å². The average molecular weight is 378 g/mol. The summed E-state index contributed by atoms with van der Waals surface area (Å²) in [7, 11) is -4.49. The first kappa shape index (κ1) is 15.4. The van der Waals surface area contributed by atoms with Gasteiger partial charge in [0.2, 0.25) is 11.8 Å². The Kier molecular flexibility index (Phi) is 3.94. The Hall–Kier alpha value is -2.04. The van der Waals surface area contributed by atoms with Crippen LogP contribution >= 0.6 is 15.9 Å². The smallest absolute Gasteiger partial charge is 0.365 e. The molecule has 112 valence electrons. The van der Waals surface area contributed by atoms with Gasteiger partial charge in [-0.2, -0.15) is 8.42 Å². The van der Waals surface area contributed by atoms with E-state index in [0.29, 0.717) is 4.73 Å². The molecule has 0 aliphatic carbocycles. The number of hydrogen-bond donors (Lipinski definition) is 3. The van der Waals surface area contributed by atoms with E-state index in [4.69, 9.17) is 9.39 Å². The first-order valence-electron chi connectivity index (χ1n) is 5.29. The molecule has 8 nitrogen and oxygen atoms in total. The van der Waals surface area contributed by atoms with Crippen molar-refractivity contribution >= 4 is 32.0 Å². The molecule has 21 heavy (non-hydrogen) atoms. The molecule has 0 amide bonds. The van der Waals surface area contributed by atoms with Crippen LogP contribution in [0.1, 0.15) is 10.4 Å². The van der Waals surface area contributed by atoms with Crippen molar-refractivity contribution in [2.24, 2.45) is 0 Å². The van der Waals surface area contributed by atoms with Crippen molar-refractivity contribution in [3.8, 4) is 11.8 Å². The molecule has 1 aromatic heterocycles. The predicted octanol–water partition coefficient (Wildman–Crippen LogP) is 1.18. The van der Waals surface area contributed by atoms with Gasteiger partial charge in [0, 0.05) is 16.6 Å². The molecule has 0 unspecified atom stereocenters. The van der Waals surface area contributed by atoms with Crippen molar-refractivity contribution in [3.05, 3.63) is 40.4 Å². The van der Waals surface area contributed by atoms with E-state index in [1.165, 1.54) is 6.07 Å². The molecule has 0 atom stereocenters. The summed E-state index contributed by atoms with van der Waals surface area (Å²) in [4.78, 5) is 16.2. The number of nitrogens with zero attached hydrogens (tertiary/aromatic N) is 1. The van der Waals surface area contributed by atoms with Crippen LogP contribution in [0.4, 0.5) is 0 Å². The second-order valence-corrected chi connectivity index (χ2v) is 6.12. The molecule has 0 spiro atoms. The summed E-state index contributed by atoms with van der Waals surface area (Å²) < 4.78 is 31.7. The standard InChI is InChI=1S/C11H8BrNO7S/c12-8-2-1-6(21(17,18)19)5-7(8)11(16)20-13-9(14)3-4-10(13)15/h1-5,14-15H,(H,17,18,19). The number of benzene rings is 1. The monoisotopic (exact) mass is 377 g/mol. The molecule has 0 saturated heterocycles. The third-order valence-electron chi connectivity index (χ3n) is 2.43. The Morgan fingerprint density at radius 2 is 1.71 bits per heavy atom. The van der Waals surface area contributed by atoms with Crippen LogP contribution in [0.5, 0.6) is 11.8 Å². The van der Waals surface area contributed by atoms with E-state index >= 15 is 0 Å². The van der Waals surface area contributed by atoms with Gasteiger partial charge < -0.3 is 15.1 Å². The summed E-state index contributed by atoms with van der Waals surface area (Å²) in [5, 5.41) is 18.7. The SMILES string of the molecule is O=C(On1c(O)ccc1O)c1cc(S(=O)(=O)O)ccc1Br. The largest absolute Gasteiger partial charge is 0.492 e. The van der Waals surface area contributed by atoms with Crippen molar-refractivity contribution < 1.29 is 32.8 Å². The highest BCUT2D eigenvalue weighted by Gasteiger charge is 2.20. The van der Waals surface area contributed by atoms with Crippen LogP contribution < -0.4 is 4.84 Å². The maximum absolute atomic E-state index is 11.9. The minimum absolute atomic E-state index is 0.200. The molecule has 1 heterocycles. The summed E-state index contributed by atoms with van der Waals surface area (Å²) in [6, 6.07) is 5.38. The lowest BCUT2D eigenvalue weighted by Crippen LogP contribution is -2.20. The van der Waals surface area contributed by atoms with Crippen LogP contribution in [-0.4, -0.2) is 33.9 Å². The second-order valence-electron chi connectivity index (χ2n) is 3.84. The van der Waals surface area contributed by atoms with Gasteiger partial charge in [-0.1, -0.05) is 0 Å². The second kappa shape index (κ2) is 5.39. The molecular weight excluding hydrogens is 370 g/mol. The van der Waals surface area contributed by atoms with Gasteiger partial charge in [-0.3, -0.25) is 4.55 Å². The number of hydrogen-bond acceptors (Lipinski definition) is 6. The minimum Gasteiger partial charge on any atom is -0.492 e. The molecule has 0 fully saturated rings. The topological polar surface area (TPSA) is 126 Å². The molecule has 0 radical (unpaired) electrons. The third kappa shape index (κ3) is 3.17. The highest BCUT2D eigenvalue weighted by Crippen LogP contribution is 2.23. The molecule has 0 saturated carbocycles. The number of carbonyl (C=O) groups is 1. The Bertz CT molecular complexity index is 792. The molecular formula is C11H8BrNO7S. The van der Waals surface area contributed by atoms with Crippen LogP contribution in [0.2, 0.25) is 0 Å². The quantitative estimate of drug-likeness (QED) is 0.685. The first-order chi connectivity index (χ1) is 9.70. The minimum atomic E-state index is -4.49. The van der Waals surface area contributed by atoms with Crippen molar-refractivity contribution in [2.75, 3.05) is 0 Å². The molecule has 3 N–H and O–H groups in total. The number of halogens is 1. The normalized spacial score (nSPS) is 11.3. The zero-order valence-electron chi connectivity index (χ0n) is 10.1. The maximum Gasteiger partial charge on any atom is 0.365 e.